The summed E-state index contributed by atoms with van der Waals surface area (Å²) >= 11 is 0. The second-order valence-electron chi connectivity index (χ2n) is 5.11. The molecule has 2 aromatic rings. The zero-order valence-corrected chi connectivity index (χ0v) is 13.8. The van der Waals surface area contributed by atoms with Gasteiger partial charge in [-0.05, 0) is 47.9 Å². The van der Waals surface area contributed by atoms with Gasteiger partial charge >= 0.3 is 0 Å². The molecule has 0 bridgehead atoms. The first-order chi connectivity index (χ1) is 11.6. The maximum Gasteiger partial charge on any atom is 0.208 e. The average Bonchev–Trinajstić information content (AvgIpc) is 2.60. The van der Waals surface area contributed by atoms with Crippen LogP contribution in [0.5, 0.6) is 17.2 Å². The van der Waals surface area contributed by atoms with Gasteiger partial charge in [0.2, 0.25) is 5.90 Å². The molecule has 2 aromatic carbocycles. The van der Waals surface area contributed by atoms with Crippen molar-refractivity contribution in [2.45, 2.75) is 6.42 Å². The zero-order chi connectivity index (χ0) is 17.4. The molecular weight excluding hydrogens is 306 g/mol. The van der Waals surface area contributed by atoms with Gasteiger partial charge in [-0.2, -0.15) is 0 Å². The number of ether oxygens (including phenoxy) is 2. The van der Waals surface area contributed by atoms with Crippen LogP contribution >= 0.6 is 0 Å². The summed E-state index contributed by atoms with van der Waals surface area (Å²) in [7, 11) is 3.08. The van der Waals surface area contributed by atoms with Gasteiger partial charge in [-0.3, -0.25) is 4.99 Å². The van der Waals surface area contributed by atoms with E-state index >= 15 is 0 Å². The fourth-order valence-electron chi connectivity index (χ4n) is 2.11. The fraction of sp³-hybridized carbons (Fsp3) is 0.211. The topological polar surface area (TPSA) is 71.3 Å². The van der Waals surface area contributed by atoms with Crippen LogP contribution in [0, 0.1) is 0 Å². The predicted molar refractivity (Wildman–Crippen MR) is 94.8 cm³/mol. The third kappa shape index (κ3) is 5.05. The molecule has 0 aliphatic carbocycles. The first-order valence-corrected chi connectivity index (χ1v) is 7.54. The van der Waals surface area contributed by atoms with Crippen molar-refractivity contribution >= 4 is 12.0 Å². The third-order valence-electron chi connectivity index (χ3n) is 3.44. The lowest BCUT2D eigenvalue weighted by Crippen LogP contribution is -2.00. The fourth-order valence-corrected chi connectivity index (χ4v) is 2.11. The minimum Gasteiger partial charge on any atom is -0.508 e. The van der Waals surface area contributed by atoms with Crippen molar-refractivity contribution < 1.29 is 19.7 Å². The van der Waals surface area contributed by atoms with Crippen LogP contribution < -0.4 is 4.74 Å². The van der Waals surface area contributed by atoms with Crippen molar-refractivity contribution in [2.75, 3.05) is 20.8 Å². The second-order valence-corrected chi connectivity index (χ2v) is 5.11. The molecule has 0 heterocycles. The molecule has 0 amide bonds. The van der Waals surface area contributed by atoms with Crippen molar-refractivity contribution in [3.63, 3.8) is 0 Å². The average molecular weight is 327 g/mol. The monoisotopic (exact) mass is 327 g/mol. The van der Waals surface area contributed by atoms with Gasteiger partial charge < -0.3 is 19.7 Å². The minimum absolute atomic E-state index is 0.101. The van der Waals surface area contributed by atoms with Crippen molar-refractivity contribution in [1.29, 1.82) is 0 Å². The summed E-state index contributed by atoms with van der Waals surface area (Å²) in [5, 5.41) is 18.8. The number of rotatable bonds is 6. The maximum absolute atomic E-state index is 9.59. The number of aliphatic imine (C=N–C) groups is 1. The molecule has 0 atom stereocenters. The molecule has 0 unspecified atom stereocenters. The van der Waals surface area contributed by atoms with Gasteiger partial charge in [-0.15, -0.1) is 0 Å². The molecule has 0 aromatic heterocycles. The largest absolute Gasteiger partial charge is 0.508 e. The van der Waals surface area contributed by atoms with Crippen LogP contribution in [0.15, 0.2) is 53.5 Å². The predicted octanol–water partition coefficient (Wildman–Crippen LogP) is 3.41. The summed E-state index contributed by atoms with van der Waals surface area (Å²) in [6.45, 7) is 0.581. The quantitative estimate of drug-likeness (QED) is 0.630. The molecule has 0 fully saturated rings. The molecule has 5 heteroatoms. The number of hydrogen-bond donors (Lipinski definition) is 2. The molecule has 0 aliphatic rings. The summed E-state index contributed by atoms with van der Waals surface area (Å²) in [6, 6.07) is 12.1. The van der Waals surface area contributed by atoms with Crippen LogP contribution in [0.4, 0.5) is 0 Å². The van der Waals surface area contributed by atoms with Gasteiger partial charge in [0.15, 0.2) is 11.5 Å². The van der Waals surface area contributed by atoms with Crippen molar-refractivity contribution in [1.82, 2.24) is 0 Å². The zero-order valence-electron chi connectivity index (χ0n) is 13.8. The Kier molecular flexibility index (Phi) is 6.25. The summed E-state index contributed by atoms with van der Waals surface area (Å²) in [4.78, 5) is 4.40. The van der Waals surface area contributed by atoms with E-state index in [2.05, 4.69) is 4.99 Å². The third-order valence-corrected chi connectivity index (χ3v) is 3.44. The summed E-state index contributed by atoms with van der Waals surface area (Å²) < 4.78 is 10.3. The van der Waals surface area contributed by atoms with Crippen LogP contribution in [0.1, 0.15) is 11.1 Å². The number of nitrogens with zero attached hydrogens (tertiary/aromatic N) is 1. The summed E-state index contributed by atoms with van der Waals surface area (Å²) in [6.07, 6.45) is 4.36. The normalized spacial score (nSPS) is 11.7. The lowest BCUT2D eigenvalue weighted by molar-refractivity contribution is 0.373. The molecule has 24 heavy (non-hydrogen) atoms. The van der Waals surface area contributed by atoms with Crippen LogP contribution in [-0.2, 0) is 11.2 Å². The number of methoxy groups -OCH3 is 2. The Hall–Kier alpha value is -2.95. The second kappa shape index (κ2) is 8.62. The van der Waals surface area contributed by atoms with Gasteiger partial charge in [0, 0.05) is 12.6 Å². The highest BCUT2D eigenvalue weighted by Crippen LogP contribution is 2.26. The molecule has 0 aliphatic heterocycles. The molecular formula is C19H21NO4. The number of aromatic hydroxyl groups is 2. The number of hydrogen-bond acceptors (Lipinski definition) is 5. The molecule has 2 N–H and O–H groups in total. The molecule has 0 radical (unpaired) electrons. The Labute approximate surface area is 141 Å². The first-order valence-electron chi connectivity index (χ1n) is 7.54. The molecule has 5 nitrogen and oxygen atoms in total. The molecule has 0 spiro atoms. The molecule has 0 saturated heterocycles. The Morgan fingerprint density at radius 1 is 1.08 bits per heavy atom. The summed E-state index contributed by atoms with van der Waals surface area (Å²) in [5.41, 5.74) is 1.96. The van der Waals surface area contributed by atoms with Gasteiger partial charge in [0.25, 0.3) is 0 Å². The van der Waals surface area contributed by atoms with E-state index in [1.807, 2.05) is 18.2 Å². The Balaban J connectivity index is 1.98. The van der Waals surface area contributed by atoms with E-state index in [9.17, 15) is 10.2 Å². The lowest BCUT2D eigenvalue weighted by atomic mass is 10.1. The minimum atomic E-state index is 0.101. The Morgan fingerprint density at radius 2 is 1.83 bits per heavy atom. The van der Waals surface area contributed by atoms with Gasteiger partial charge in [0.05, 0.1) is 14.2 Å². The lowest BCUT2D eigenvalue weighted by Gasteiger charge is -2.04. The highest BCUT2D eigenvalue weighted by atomic mass is 16.5. The van der Waals surface area contributed by atoms with Crippen LogP contribution in [0.3, 0.4) is 0 Å². The first kappa shape index (κ1) is 17.4. The highest BCUT2D eigenvalue weighted by molar-refractivity contribution is 5.91. The van der Waals surface area contributed by atoms with Crippen LogP contribution in [-0.4, -0.2) is 36.9 Å². The van der Waals surface area contributed by atoms with E-state index in [-0.39, 0.29) is 11.5 Å². The number of phenols is 2. The molecule has 126 valence electrons. The Bertz CT molecular complexity index is 721. The van der Waals surface area contributed by atoms with E-state index < -0.39 is 0 Å². The molecule has 0 saturated carbocycles. The van der Waals surface area contributed by atoms with Crippen molar-refractivity contribution in [3.05, 3.63) is 59.7 Å². The highest BCUT2D eigenvalue weighted by Gasteiger charge is 2.01. The standard InChI is InChI=1S/C19H21NO4/c1-23-18-13-15(5-9-17(18)22)6-10-19(24-2)20-12-11-14-3-7-16(21)8-4-14/h3-10,13,21-22H,11-12H2,1-2H3. The Morgan fingerprint density at radius 3 is 2.50 bits per heavy atom. The van der Waals surface area contributed by atoms with Gasteiger partial charge in [0.1, 0.15) is 5.75 Å². The maximum atomic E-state index is 9.59. The van der Waals surface area contributed by atoms with Crippen molar-refractivity contribution in [3.8, 4) is 17.2 Å². The van der Waals surface area contributed by atoms with E-state index in [0.29, 0.717) is 18.2 Å². The van der Waals surface area contributed by atoms with E-state index in [1.54, 1.807) is 43.5 Å². The van der Waals surface area contributed by atoms with Crippen LogP contribution in [0.2, 0.25) is 0 Å². The smallest absolute Gasteiger partial charge is 0.208 e. The van der Waals surface area contributed by atoms with E-state index in [1.165, 1.54) is 7.11 Å². The summed E-state index contributed by atoms with van der Waals surface area (Å²) in [5.74, 6) is 1.29. The molecule has 2 rings (SSSR count). The number of benzene rings is 2. The van der Waals surface area contributed by atoms with Gasteiger partial charge in [-0.25, -0.2) is 0 Å². The van der Waals surface area contributed by atoms with E-state index in [0.717, 1.165) is 17.5 Å². The SMILES string of the molecule is COC(C=Cc1ccc(O)c(OC)c1)=NCCc1ccc(O)cc1. The number of phenolic OH excluding ortho intramolecular Hbond substituents is 2. The van der Waals surface area contributed by atoms with E-state index in [4.69, 9.17) is 9.47 Å². The van der Waals surface area contributed by atoms with Crippen LogP contribution in [0.25, 0.3) is 6.08 Å². The van der Waals surface area contributed by atoms with Gasteiger partial charge in [-0.1, -0.05) is 18.2 Å². The van der Waals surface area contributed by atoms with Crippen molar-refractivity contribution in [2.24, 2.45) is 4.99 Å².